The number of aromatic nitrogens is 3. The summed E-state index contributed by atoms with van der Waals surface area (Å²) >= 11 is 1.30. The van der Waals surface area contributed by atoms with Crippen LogP contribution in [-0.4, -0.2) is 32.0 Å². The molecule has 0 fully saturated rings. The van der Waals surface area contributed by atoms with Crippen molar-refractivity contribution in [1.29, 1.82) is 0 Å². The van der Waals surface area contributed by atoms with E-state index in [4.69, 9.17) is 4.42 Å². The van der Waals surface area contributed by atoms with Crippen molar-refractivity contribution in [3.63, 3.8) is 0 Å². The second kappa shape index (κ2) is 5.10. The molecule has 0 spiro atoms. The van der Waals surface area contributed by atoms with E-state index in [1.807, 2.05) is 0 Å². The molecule has 100 valence electrons. The number of aryl methyl sites for hydroxylation is 1. The summed E-state index contributed by atoms with van der Waals surface area (Å²) in [5, 5.41) is 18.6. The van der Waals surface area contributed by atoms with Gasteiger partial charge in [0.15, 0.2) is 0 Å². The molecule has 0 aromatic carbocycles. The standard InChI is InChI=1S/C9H9N5O4S/c1-5-10-11-9(19-2)13(5)12-8(15)6-3-4-7(18-6)14(16)17/h3-4H,1-2H3,(H,12,15). The number of hydrogen-bond donors (Lipinski definition) is 1. The second-order valence-electron chi connectivity index (χ2n) is 3.41. The third kappa shape index (κ3) is 2.57. The lowest BCUT2D eigenvalue weighted by Gasteiger charge is -2.06. The molecule has 0 unspecified atom stereocenters. The summed E-state index contributed by atoms with van der Waals surface area (Å²) in [4.78, 5) is 21.6. The number of hydrogen-bond acceptors (Lipinski definition) is 7. The van der Waals surface area contributed by atoms with Gasteiger partial charge in [0.05, 0.1) is 6.07 Å². The fourth-order valence-corrected chi connectivity index (χ4v) is 1.79. The van der Waals surface area contributed by atoms with Crippen LogP contribution in [-0.2, 0) is 0 Å². The number of nitro groups is 1. The minimum absolute atomic E-state index is 0.160. The third-order valence-corrected chi connectivity index (χ3v) is 2.82. The maximum absolute atomic E-state index is 11.9. The molecule has 19 heavy (non-hydrogen) atoms. The molecule has 0 saturated heterocycles. The summed E-state index contributed by atoms with van der Waals surface area (Å²) < 4.78 is 6.17. The number of nitrogens with zero attached hydrogens (tertiary/aromatic N) is 4. The molecule has 0 saturated carbocycles. The number of thioether (sulfide) groups is 1. The van der Waals surface area contributed by atoms with Crippen LogP contribution in [0.1, 0.15) is 16.4 Å². The summed E-state index contributed by atoms with van der Waals surface area (Å²) in [6.07, 6.45) is 1.78. The predicted octanol–water partition coefficient (Wildman–Crippen LogP) is 1.19. The second-order valence-corrected chi connectivity index (χ2v) is 4.18. The van der Waals surface area contributed by atoms with E-state index in [0.717, 1.165) is 6.07 Å². The molecule has 1 N–H and O–H groups in total. The maximum Gasteiger partial charge on any atom is 0.433 e. The predicted molar refractivity (Wildman–Crippen MR) is 65.6 cm³/mol. The van der Waals surface area contributed by atoms with Crippen molar-refractivity contribution >= 4 is 23.6 Å². The van der Waals surface area contributed by atoms with Gasteiger partial charge in [-0.15, -0.1) is 10.2 Å². The highest BCUT2D eigenvalue weighted by Gasteiger charge is 2.19. The van der Waals surface area contributed by atoms with E-state index in [9.17, 15) is 14.9 Å². The van der Waals surface area contributed by atoms with Crippen LogP contribution in [0.15, 0.2) is 21.7 Å². The Balaban J connectivity index is 2.20. The third-order valence-electron chi connectivity index (χ3n) is 2.19. The number of amides is 1. The van der Waals surface area contributed by atoms with Crippen molar-refractivity contribution in [2.75, 3.05) is 11.7 Å². The Morgan fingerprint density at radius 3 is 2.84 bits per heavy atom. The lowest BCUT2D eigenvalue weighted by Crippen LogP contribution is -2.24. The van der Waals surface area contributed by atoms with Gasteiger partial charge in [-0.05, 0) is 19.2 Å². The lowest BCUT2D eigenvalue weighted by molar-refractivity contribution is -0.402. The quantitative estimate of drug-likeness (QED) is 0.509. The first-order chi connectivity index (χ1) is 9.02. The average molecular weight is 283 g/mol. The lowest BCUT2D eigenvalue weighted by atomic mass is 10.4. The highest BCUT2D eigenvalue weighted by molar-refractivity contribution is 7.98. The van der Waals surface area contributed by atoms with E-state index in [-0.39, 0.29) is 5.76 Å². The van der Waals surface area contributed by atoms with E-state index in [0.29, 0.717) is 11.0 Å². The molecule has 2 heterocycles. The Labute approximate surface area is 111 Å². The number of furan rings is 1. The molecule has 2 aromatic heterocycles. The Hall–Kier alpha value is -2.36. The van der Waals surface area contributed by atoms with Gasteiger partial charge in [-0.25, -0.2) is 4.68 Å². The summed E-state index contributed by atoms with van der Waals surface area (Å²) in [5.41, 5.74) is 2.49. The SMILES string of the molecule is CSc1nnc(C)n1NC(=O)c1ccc([N+](=O)[O-])o1. The molecule has 2 aromatic rings. The highest BCUT2D eigenvalue weighted by Crippen LogP contribution is 2.16. The highest BCUT2D eigenvalue weighted by atomic mass is 32.2. The van der Waals surface area contributed by atoms with Gasteiger partial charge in [0.25, 0.3) is 0 Å². The molecule has 0 aliphatic heterocycles. The van der Waals surface area contributed by atoms with Gasteiger partial charge < -0.3 is 4.42 Å². The van der Waals surface area contributed by atoms with Crippen LogP contribution in [0.3, 0.4) is 0 Å². The first-order valence-corrected chi connectivity index (χ1v) is 6.27. The fourth-order valence-electron chi connectivity index (χ4n) is 1.31. The van der Waals surface area contributed by atoms with Gasteiger partial charge in [-0.1, -0.05) is 11.8 Å². The molecular weight excluding hydrogens is 274 g/mol. The van der Waals surface area contributed by atoms with E-state index in [2.05, 4.69) is 15.6 Å². The zero-order valence-corrected chi connectivity index (χ0v) is 10.8. The van der Waals surface area contributed by atoms with E-state index in [1.165, 1.54) is 22.5 Å². The fraction of sp³-hybridized carbons (Fsp3) is 0.222. The zero-order valence-electron chi connectivity index (χ0n) is 9.98. The Bertz CT molecular complexity index is 634. The van der Waals surface area contributed by atoms with E-state index >= 15 is 0 Å². The molecule has 0 bridgehead atoms. The van der Waals surface area contributed by atoms with Crippen molar-refractivity contribution in [1.82, 2.24) is 14.9 Å². The normalized spacial score (nSPS) is 10.4. The van der Waals surface area contributed by atoms with Gasteiger partial charge in [0.2, 0.25) is 10.9 Å². The topological polar surface area (TPSA) is 116 Å². The van der Waals surface area contributed by atoms with Gasteiger partial charge in [0, 0.05) is 0 Å². The van der Waals surface area contributed by atoms with E-state index < -0.39 is 16.7 Å². The Morgan fingerprint density at radius 1 is 1.53 bits per heavy atom. The van der Waals surface area contributed by atoms with Crippen molar-refractivity contribution in [2.45, 2.75) is 12.1 Å². The maximum atomic E-state index is 11.9. The first kappa shape index (κ1) is 13.1. The van der Waals surface area contributed by atoms with Crippen LogP contribution in [0.25, 0.3) is 0 Å². The van der Waals surface area contributed by atoms with Crippen molar-refractivity contribution < 1.29 is 14.1 Å². The van der Waals surface area contributed by atoms with Crippen molar-refractivity contribution in [2.24, 2.45) is 0 Å². The van der Waals surface area contributed by atoms with Gasteiger partial charge >= 0.3 is 11.8 Å². The largest absolute Gasteiger partial charge is 0.433 e. The average Bonchev–Trinajstić information content (AvgIpc) is 2.97. The van der Waals surface area contributed by atoms with Crippen LogP contribution in [0.2, 0.25) is 0 Å². The van der Waals surface area contributed by atoms with Crippen LogP contribution in [0.4, 0.5) is 5.88 Å². The first-order valence-electron chi connectivity index (χ1n) is 5.04. The molecule has 0 radical (unpaired) electrons. The van der Waals surface area contributed by atoms with Crippen LogP contribution < -0.4 is 5.43 Å². The van der Waals surface area contributed by atoms with Crippen LogP contribution in [0, 0.1) is 17.0 Å². The molecule has 0 aliphatic carbocycles. The van der Waals surface area contributed by atoms with Gasteiger partial charge in [0.1, 0.15) is 10.7 Å². The van der Waals surface area contributed by atoms with Crippen LogP contribution >= 0.6 is 11.8 Å². The molecule has 2 rings (SSSR count). The summed E-state index contributed by atoms with van der Waals surface area (Å²) in [6.45, 7) is 1.66. The molecule has 9 nitrogen and oxygen atoms in total. The monoisotopic (exact) mass is 283 g/mol. The van der Waals surface area contributed by atoms with Crippen molar-refractivity contribution in [3.05, 3.63) is 33.8 Å². The Morgan fingerprint density at radius 2 is 2.26 bits per heavy atom. The van der Waals surface area contributed by atoms with Crippen molar-refractivity contribution in [3.8, 4) is 0 Å². The molecule has 0 atom stereocenters. The summed E-state index contributed by atoms with van der Waals surface area (Å²) in [6, 6.07) is 2.34. The zero-order chi connectivity index (χ0) is 14.0. The smallest absolute Gasteiger partial charge is 0.395 e. The molecule has 1 amide bonds. The van der Waals surface area contributed by atoms with Crippen LogP contribution in [0.5, 0.6) is 0 Å². The Kier molecular flexibility index (Phi) is 3.51. The summed E-state index contributed by atoms with van der Waals surface area (Å²) in [7, 11) is 0. The summed E-state index contributed by atoms with van der Waals surface area (Å²) in [5.74, 6) is -0.785. The van der Waals surface area contributed by atoms with Gasteiger partial charge in [-0.3, -0.25) is 20.3 Å². The van der Waals surface area contributed by atoms with E-state index in [1.54, 1.807) is 13.2 Å². The molecular formula is C9H9N5O4S. The number of nitrogens with one attached hydrogen (secondary N) is 1. The van der Waals surface area contributed by atoms with Gasteiger partial charge in [-0.2, -0.15) is 0 Å². The number of carbonyl (C=O) groups excluding carboxylic acids is 1. The number of rotatable bonds is 4. The number of carbonyl (C=O) groups is 1. The minimum Gasteiger partial charge on any atom is -0.395 e. The molecule has 0 aliphatic rings. The minimum atomic E-state index is -0.714. The molecule has 10 heteroatoms.